The van der Waals surface area contributed by atoms with Gasteiger partial charge in [-0.3, -0.25) is 15.1 Å². The molecular formula is C31H28F2N2O2. The van der Waals surface area contributed by atoms with Crippen molar-refractivity contribution in [1.82, 2.24) is 0 Å². The fraction of sp³-hybridized carbons (Fsp3) is 0.226. The van der Waals surface area contributed by atoms with Gasteiger partial charge in [0.2, 0.25) is 0 Å². The minimum absolute atomic E-state index is 0.0813. The van der Waals surface area contributed by atoms with Gasteiger partial charge in [0.15, 0.2) is 5.78 Å². The molecule has 0 bridgehead atoms. The van der Waals surface area contributed by atoms with Crippen LogP contribution in [-0.2, 0) is 4.79 Å². The van der Waals surface area contributed by atoms with Crippen molar-refractivity contribution in [3.8, 4) is 0 Å². The molecule has 0 aromatic heterocycles. The highest BCUT2D eigenvalue weighted by atomic mass is 19.1. The molecule has 2 aliphatic rings. The number of amidine groups is 1. The normalized spacial score (nSPS) is 20.7. The molecule has 5 rings (SSSR count). The maximum Gasteiger partial charge on any atom is 0.162 e. The number of anilines is 1. The summed E-state index contributed by atoms with van der Waals surface area (Å²) in [5.74, 6) is -2.35. The van der Waals surface area contributed by atoms with Gasteiger partial charge in [-0.15, -0.1) is 0 Å². The second-order valence-electron chi connectivity index (χ2n) is 10.5. The number of carbonyl (C=O) groups is 1. The van der Waals surface area contributed by atoms with Crippen LogP contribution < -0.4 is 4.90 Å². The first-order chi connectivity index (χ1) is 17.6. The van der Waals surface area contributed by atoms with Crippen molar-refractivity contribution >= 4 is 23.1 Å². The van der Waals surface area contributed by atoms with E-state index < -0.39 is 23.0 Å². The Morgan fingerprint density at radius 3 is 2.27 bits per heavy atom. The zero-order valence-electron chi connectivity index (χ0n) is 21.0. The van der Waals surface area contributed by atoms with Crippen LogP contribution in [0.1, 0.15) is 49.3 Å². The van der Waals surface area contributed by atoms with E-state index >= 15 is 4.39 Å². The van der Waals surface area contributed by atoms with E-state index in [0.29, 0.717) is 28.9 Å². The summed E-state index contributed by atoms with van der Waals surface area (Å²) in [4.78, 5) is 15.4. The number of aryl methyl sites for hydroxylation is 1. The largest absolute Gasteiger partial charge is 0.507 e. The summed E-state index contributed by atoms with van der Waals surface area (Å²) in [5.41, 5.74) is 2.84. The van der Waals surface area contributed by atoms with E-state index in [-0.39, 0.29) is 34.9 Å². The molecule has 3 aromatic carbocycles. The Labute approximate surface area is 215 Å². The molecule has 1 atom stereocenters. The Hall–Kier alpha value is -4.06. The highest BCUT2D eigenvalue weighted by molar-refractivity contribution is 6.19. The second kappa shape index (κ2) is 9.11. The number of allylic oxidation sites excluding steroid dienone is 2. The third-order valence-electron chi connectivity index (χ3n) is 7.10. The minimum atomic E-state index is -0.967. The van der Waals surface area contributed by atoms with E-state index in [1.165, 1.54) is 18.2 Å². The summed E-state index contributed by atoms with van der Waals surface area (Å²) in [6.45, 7) is 5.89. The summed E-state index contributed by atoms with van der Waals surface area (Å²) in [6.07, 6.45) is 0.706. The molecule has 1 aliphatic carbocycles. The highest BCUT2D eigenvalue weighted by Gasteiger charge is 2.47. The van der Waals surface area contributed by atoms with Crippen LogP contribution in [0, 0.1) is 29.4 Å². The van der Waals surface area contributed by atoms with Gasteiger partial charge in [-0.2, -0.15) is 0 Å². The van der Waals surface area contributed by atoms with Gasteiger partial charge in [0.05, 0.1) is 0 Å². The lowest BCUT2D eigenvalue weighted by atomic mass is 9.67. The molecule has 1 heterocycles. The molecule has 1 unspecified atom stereocenters. The summed E-state index contributed by atoms with van der Waals surface area (Å²) < 4.78 is 29.2. The van der Waals surface area contributed by atoms with Crippen molar-refractivity contribution in [1.29, 1.82) is 5.41 Å². The predicted molar refractivity (Wildman–Crippen MR) is 142 cm³/mol. The van der Waals surface area contributed by atoms with Crippen molar-refractivity contribution in [3.63, 3.8) is 0 Å². The monoisotopic (exact) mass is 498 g/mol. The number of aliphatic hydroxyl groups is 1. The van der Waals surface area contributed by atoms with Gasteiger partial charge in [0, 0.05) is 46.0 Å². The van der Waals surface area contributed by atoms with Gasteiger partial charge in [-0.05, 0) is 49.1 Å². The zero-order valence-corrected chi connectivity index (χ0v) is 21.0. The summed E-state index contributed by atoms with van der Waals surface area (Å²) >= 11 is 0. The summed E-state index contributed by atoms with van der Waals surface area (Å²) in [5, 5.41) is 20.9. The average molecular weight is 499 g/mol. The third-order valence-corrected chi connectivity index (χ3v) is 7.10. The van der Waals surface area contributed by atoms with Crippen LogP contribution in [0.15, 0.2) is 89.6 Å². The molecule has 6 heteroatoms. The molecule has 0 amide bonds. The number of halogens is 2. The van der Waals surface area contributed by atoms with Crippen LogP contribution in [0.25, 0.3) is 5.76 Å². The van der Waals surface area contributed by atoms with Crippen LogP contribution >= 0.6 is 0 Å². The van der Waals surface area contributed by atoms with Crippen LogP contribution in [0.3, 0.4) is 0 Å². The van der Waals surface area contributed by atoms with Crippen molar-refractivity contribution in [2.75, 3.05) is 4.90 Å². The van der Waals surface area contributed by atoms with Crippen molar-refractivity contribution in [2.45, 2.75) is 39.5 Å². The van der Waals surface area contributed by atoms with Gasteiger partial charge < -0.3 is 5.11 Å². The van der Waals surface area contributed by atoms with Crippen molar-refractivity contribution < 1.29 is 18.7 Å². The molecule has 0 spiro atoms. The summed E-state index contributed by atoms with van der Waals surface area (Å²) in [6, 6.07) is 19.0. The number of hydrogen-bond acceptors (Lipinski definition) is 3. The number of Topliss-reactive ketones (excluding diaryl/α,β-unsaturated/α-hetero) is 1. The molecule has 37 heavy (non-hydrogen) atoms. The Kier molecular flexibility index (Phi) is 6.06. The molecule has 1 aliphatic heterocycles. The van der Waals surface area contributed by atoms with Crippen molar-refractivity contribution in [3.05, 3.63) is 118 Å². The van der Waals surface area contributed by atoms with Crippen LogP contribution in [0.2, 0.25) is 0 Å². The number of rotatable bonds is 3. The maximum atomic E-state index is 15.3. The second-order valence-corrected chi connectivity index (χ2v) is 10.5. The molecule has 2 N–H and O–H groups in total. The zero-order chi connectivity index (χ0) is 26.5. The van der Waals surface area contributed by atoms with Gasteiger partial charge in [-0.1, -0.05) is 61.9 Å². The van der Waals surface area contributed by atoms with E-state index in [1.807, 2.05) is 32.9 Å². The third kappa shape index (κ3) is 4.37. The SMILES string of the molecule is Cc1ccc(/C(O)=C2\C(=N)N(c3ccc(F)cc3)C3=C(C(=O)CC(C)(C)C3)C2c2ccccc2F)cc1. The maximum absolute atomic E-state index is 15.3. The van der Waals surface area contributed by atoms with Gasteiger partial charge in [0.25, 0.3) is 0 Å². The van der Waals surface area contributed by atoms with Crippen LogP contribution in [0.5, 0.6) is 0 Å². The highest BCUT2D eigenvalue weighted by Crippen LogP contribution is 2.51. The number of aliphatic hydroxyl groups excluding tert-OH is 1. The summed E-state index contributed by atoms with van der Waals surface area (Å²) in [7, 11) is 0. The first-order valence-corrected chi connectivity index (χ1v) is 12.2. The van der Waals surface area contributed by atoms with Gasteiger partial charge in [-0.25, -0.2) is 8.78 Å². The van der Waals surface area contributed by atoms with E-state index in [1.54, 1.807) is 47.4 Å². The Bertz CT molecular complexity index is 1470. The van der Waals surface area contributed by atoms with E-state index in [4.69, 9.17) is 0 Å². The minimum Gasteiger partial charge on any atom is -0.507 e. The Morgan fingerprint density at radius 2 is 1.62 bits per heavy atom. The van der Waals surface area contributed by atoms with Crippen LogP contribution in [-0.4, -0.2) is 16.7 Å². The lowest BCUT2D eigenvalue weighted by Gasteiger charge is -2.45. The number of nitrogens with zero attached hydrogens (tertiary/aromatic N) is 1. The number of benzene rings is 3. The molecule has 3 aromatic rings. The van der Waals surface area contributed by atoms with E-state index in [2.05, 4.69) is 0 Å². The van der Waals surface area contributed by atoms with Crippen LogP contribution in [0.4, 0.5) is 14.5 Å². The first kappa shape index (κ1) is 24.6. The first-order valence-electron chi connectivity index (χ1n) is 12.2. The van der Waals surface area contributed by atoms with Gasteiger partial charge in [0.1, 0.15) is 23.2 Å². The number of hydrogen-bond donors (Lipinski definition) is 2. The molecule has 0 saturated heterocycles. The Balaban J connectivity index is 1.86. The standard InChI is InChI=1S/C31H28F2N2O2/c1-18-8-10-19(11-9-18)29(37)28-26(22-6-4-5-7-23(22)33)27-24(16-31(2,3)17-25(27)36)35(30(28)34)21-14-12-20(32)13-15-21/h4-15,26,34,37H,16-17H2,1-3H3/b29-28+,34-30?. The lowest BCUT2D eigenvalue weighted by molar-refractivity contribution is -0.118. The average Bonchev–Trinajstić information content (AvgIpc) is 2.84. The molecule has 0 saturated carbocycles. The van der Waals surface area contributed by atoms with E-state index in [9.17, 15) is 19.7 Å². The Morgan fingerprint density at radius 1 is 0.973 bits per heavy atom. The number of nitrogens with one attached hydrogen (secondary N) is 1. The number of ketones is 1. The predicted octanol–water partition coefficient (Wildman–Crippen LogP) is 7.47. The van der Waals surface area contributed by atoms with E-state index in [0.717, 1.165) is 5.56 Å². The fourth-order valence-corrected chi connectivity index (χ4v) is 5.38. The molecule has 188 valence electrons. The molecule has 4 nitrogen and oxygen atoms in total. The topological polar surface area (TPSA) is 64.4 Å². The lowest BCUT2D eigenvalue weighted by Crippen LogP contribution is -2.45. The van der Waals surface area contributed by atoms with Gasteiger partial charge >= 0.3 is 0 Å². The molecular weight excluding hydrogens is 470 g/mol. The molecule has 0 radical (unpaired) electrons. The molecule has 0 fully saturated rings. The smallest absolute Gasteiger partial charge is 0.162 e. The number of carbonyl (C=O) groups excluding carboxylic acids is 1. The fourth-order valence-electron chi connectivity index (χ4n) is 5.38. The van der Waals surface area contributed by atoms with Crippen molar-refractivity contribution in [2.24, 2.45) is 5.41 Å². The quantitative estimate of drug-likeness (QED) is 0.368.